The lowest BCUT2D eigenvalue weighted by Crippen LogP contribution is -2.08. The number of rotatable bonds is 3. The highest BCUT2D eigenvalue weighted by molar-refractivity contribution is 5.35. The molecule has 2 aromatic rings. The van der Waals surface area contributed by atoms with Gasteiger partial charge >= 0.3 is 0 Å². The van der Waals surface area contributed by atoms with Gasteiger partial charge in [-0.1, -0.05) is 0 Å². The molecule has 0 amide bonds. The predicted molar refractivity (Wildman–Crippen MR) is 57.3 cm³/mol. The molecule has 0 saturated carbocycles. The van der Waals surface area contributed by atoms with E-state index >= 15 is 0 Å². The van der Waals surface area contributed by atoms with Crippen LogP contribution >= 0.6 is 0 Å². The molecule has 16 heavy (non-hydrogen) atoms. The normalized spacial score (nSPS) is 12.8. The summed E-state index contributed by atoms with van der Waals surface area (Å²) in [6.07, 6.45) is 2.34. The monoisotopic (exact) mass is 222 g/mol. The Labute approximate surface area is 93.3 Å². The number of furan rings is 1. The average Bonchev–Trinajstić information content (AvgIpc) is 2.83. The molecule has 86 valence electrons. The number of hydrogen-bond acceptors (Lipinski definition) is 4. The number of ether oxygens (including phenoxy) is 1. The van der Waals surface area contributed by atoms with Crippen LogP contribution in [0.2, 0.25) is 0 Å². The topological polar surface area (TPSA) is 60.4 Å². The molecule has 5 heteroatoms. The van der Waals surface area contributed by atoms with Crippen LogP contribution in [0.4, 0.5) is 0 Å². The van der Waals surface area contributed by atoms with Crippen molar-refractivity contribution in [3.05, 3.63) is 35.5 Å². The molecule has 5 nitrogen and oxygen atoms in total. The average molecular weight is 222 g/mol. The fraction of sp³-hybridized carbons (Fsp3) is 0.364. The second-order valence-corrected chi connectivity index (χ2v) is 3.56. The second kappa shape index (κ2) is 4.02. The van der Waals surface area contributed by atoms with Crippen molar-refractivity contribution in [2.24, 2.45) is 7.05 Å². The van der Waals surface area contributed by atoms with Gasteiger partial charge in [-0.25, -0.2) is 0 Å². The van der Waals surface area contributed by atoms with Crippen molar-refractivity contribution in [3.8, 4) is 5.75 Å². The lowest BCUT2D eigenvalue weighted by Gasteiger charge is -2.12. The van der Waals surface area contributed by atoms with E-state index < -0.39 is 6.10 Å². The van der Waals surface area contributed by atoms with E-state index in [0.29, 0.717) is 17.2 Å². The highest BCUT2D eigenvalue weighted by Gasteiger charge is 2.22. The summed E-state index contributed by atoms with van der Waals surface area (Å²) in [4.78, 5) is 0. The standard InChI is InChI=1S/C11H14N2O3/c1-7-8(4-5-16-7)11(14)10-9(15-3)6-12-13(10)2/h4-6,11,14H,1-3H3. The number of aliphatic hydroxyl groups excluding tert-OH is 1. The van der Waals surface area contributed by atoms with E-state index in [-0.39, 0.29) is 0 Å². The van der Waals surface area contributed by atoms with Gasteiger partial charge in [0.2, 0.25) is 0 Å². The SMILES string of the molecule is COc1cnn(C)c1C(O)c1ccoc1C. The van der Waals surface area contributed by atoms with Crippen molar-refractivity contribution in [2.45, 2.75) is 13.0 Å². The van der Waals surface area contributed by atoms with Crippen molar-refractivity contribution >= 4 is 0 Å². The molecule has 0 aliphatic carbocycles. The number of methoxy groups -OCH3 is 1. The molecule has 2 aromatic heterocycles. The first-order valence-electron chi connectivity index (χ1n) is 4.93. The summed E-state index contributed by atoms with van der Waals surface area (Å²) >= 11 is 0. The summed E-state index contributed by atoms with van der Waals surface area (Å²) < 4.78 is 11.9. The molecule has 0 aliphatic heterocycles. The Balaban J connectivity index is 2.44. The Hall–Kier alpha value is -1.75. The summed E-state index contributed by atoms with van der Waals surface area (Å²) in [7, 11) is 3.31. The Bertz CT molecular complexity index is 487. The number of aryl methyl sites for hydroxylation is 2. The minimum atomic E-state index is -0.791. The van der Waals surface area contributed by atoms with Crippen LogP contribution in [0.15, 0.2) is 22.9 Å². The Morgan fingerprint density at radius 1 is 1.56 bits per heavy atom. The largest absolute Gasteiger partial charge is 0.493 e. The molecule has 2 rings (SSSR count). The van der Waals surface area contributed by atoms with E-state index in [4.69, 9.17) is 9.15 Å². The van der Waals surface area contributed by atoms with Crippen LogP contribution in [0.5, 0.6) is 5.75 Å². The zero-order valence-corrected chi connectivity index (χ0v) is 9.47. The van der Waals surface area contributed by atoms with Gasteiger partial charge in [0, 0.05) is 12.6 Å². The molecule has 0 aromatic carbocycles. The fourth-order valence-corrected chi connectivity index (χ4v) is 1.72. The molecule has 2 heterocycles. The Morgan fingerprint density at radius 3 is 2.88 bits per heavy atom. The van der Waals surface area contributed by atoms with Gasteiger partial charge in [0.25, 0.3) is 0 Å². The third kappa shape index (κ3) is 1.59. The lowest BCUT2D eigenvalue weighted by atomic mass is 10.1. The van der Waals surface area contributed by atoms with Gasteiger partial charge in [-0.15, -0.1) is 0 Å². The molecule has 1 unspecified atom stereocenters. The van der Waals surface area contributed by atoms with Crippen LogP contribution in [0.3, 0.4) is 0 Å². The molecule has 0 aliphatic rings. The van der Waals surface area contributed by atoms with E-state index in [1.807, 2.05) is 0 Å². The molecule has 0 fully saturated rings. The van der Waals surface area contributed by atoms with Gasteiger partial charge in [0.05, 0.1) is 19.6 Å². The van der Waals surface area contributed by atoms with Crippen LogP contribution in [0, 0.1) is 6.92 Å². The van der Waals surface area contributed by atoms with Crippen molar-refractivity contribution in [2.75, 3.05) is 7.11 Å². The second-order valence-electron chi connectivity index (χ2n) is 3.56. The molecule has 0 saturated heterocycles. The smallest absolute Gasteiger partial charge is 0.162 e. The number of aromatic nitrogens is 2. The van der Waals surface area contributed by atoms with E-state index in [9.17, 15) is 5.11 Å². The van der Waals surface area contributed by atoms with Gasteiger partial charge < -0.3 is 14.3 Å². The highest BCUT2D eigenvalue weighted by atomic mass is 16.5. The third-order valence-corrected chi connectivity index (χ3v) is 2.62. The lowest BCUT2D eigenvalue weighted by molar-refractivity contribution is 0.202. The minimum Gasteiger partial charge on any atom is -0.493 e. The molecule has 1 N–H and O–H groups in total. The van der Waals surface area contributed by atoms with Gasteiger partial charge in [-0.3, -0.25) is 4.68 Å². The summed E-state index contributed by atoms with van der Waals surface area (Å²) in [5, 5.41) is 14.3. The number of hydrogen-bond donors (Lipinski definition) is 1. The van der Waals surface area contributed by atoms with Crippen LogP contribution in [0.1, 0.15) is 23.1 Å². The summed E-state index contributed by atoms with van der Waals surface area (Å²) in [5.41, 5.74) is 1.34. The van der Waals surface area contributed by atoms with Crippen molar-refractivity contribution in [1.82, 2.24) is 9.78 Å². The quantitative estimate of drug-likeness (QED) is 0.853. The molecule has 0 radical (unpaired) electrons. The first-order chi connectivity index (χ1) is 7.65. The molecule has 0 bridgehead atoms. The van der Waals surface area contributed by atoms with Crippen LogP contribution in [-0.2, 0) is 7.05 Å². The van der Waals surface area contributed by atoms with Gasteiger partial charge in [0.1, 0.15) is 17.6 Å². The summed E-state index contributed by atoms with van der Waals surface area (Å²) in [6.45, 7) is 1.81. The molecular weight excluding hydrogens is 208 g/mol. The Morgan fingerprint density at radius 2 is 2.31 bits per heavy atom. The van der Waals surface area contributed by atoms with Crippen molar-refractivity contribution in [1.29, 1.82) is 0 Å². The van der Waals surface area contributed by atoms with E-state index in [1.165, 1.54) is 0 Å². The van der Waals surface area contributed by atoms with Gasteiger partial charge in [-0.2, -0.15) is 5.10 Å². The Kier molecular flexibility index (Phi) is 2.70. The highest BCUT2D eigenvalue weighted by Crippen LogP contribution is 2.31. The predicted octanol–water partition coefficient (Wildman–Crippen LogP) is 1.41. The molecular formula is C11H14N2O3. The van der Waals surface area contributed by atoms with Crippen LogP contribution in [0.25, 0.3) is 0 Å². The molecule has 0 spiro atoms. The van der Waals surface area contributed by atoms with Crippen molar-refractivity contribution < 1.29 is 14.3 Å². The van der Waals surface area contributed by atoms with E-state index in [0.717, 1.165) is 5.56 Å². The summed E-state index contributed by atoms with van der Waals surface area (Å²) in [5.74, 6) is 1.26. The fourth-order valence-electron chi connectivity index (χ4n) is 1.72. The number of aliphatic hydroxyl groups is 1. The first kappa shape index (κ1) is 10.8. The third-order valence-electron chi connectivity index (χ3n) is 2.62. The molecule has 1 atom stereocenters. The van der Waals surface area contributed by atoms with Crippen LogP contribution < -0.4 is 4.74 Å². The zero-order valence-electron chi connectivity index (χ0n) is 9.47. The van der Waals surface area contributed by atoms with Crippen LogP contribution in [-0.4, -0.2) is 22.0 Å². The van der Waals surface area contributed by atoms with Gasteiger partial charge in [0.15, 0.2) is 5.75 Å². The first-order valence-corrected chi connectivity index (χ1v) is 4.93. The maximum Gasteiger partial charge on any atom is 0.162 e. The van der Waals surface area contributed by atoms with E-state index in [2.05, 4.69) is 5.10 Å². The maximum absolute atomic E-state index is 10.2. The maximum atomic E-state index is 10.2. The van der Waals surface area contributed by atoms with Gasteiger partial charge in [-0.05, 0) is 13.0 Å². The summed E-state index contributed by atoms with van der Waals surface area (Å²) in [6, 6.07) is 1.74. The zero-order chi connectivity index (χ0) is 11.7. The van der Waals surface area contributed by atoms with E-state index in [1.54, 1.807) is 44.3 Å². The number of nitrogens with zero attached hydrogens (tertiary/aromatic N) is 2. The minimum absolute atomic E-state index is 0.565. The van der Waals surface area contributed by atoms with Crippen molar-refractivity contribution in [3.63, 3.8) is 0 Å².